The van der Waals surface area contributed by atoms with Gasteiger partial charge in [0.1, 0.15) is 5.82 Å². The highest BCUT2D eigenvalue weighted by Crippen LogP contribution is 2.08. The minimum atomic E-state index is -0.283. The van der Waals surface area contributed by atoms with Crippen LogP contribution < -0.4 is 5.32 Å². The predicted octanol–water partition coefficient (Wildman–Crippen LogP) is 2.21. The first-order chi connectivity index (χ1) is 8.58. The van der Waals surface area contributed by atoms with Crippen LogP contribution in [0.25, 0.3) is 0 Å². The molecule has 1 rings (SSSR count). The highest BCUT2D eigenvalue weighted by Gasteiger charge is 2.07. The molecule has 18 heavy (non-hydrogen) atoms. The number of halogens is 1. The zero-order chi connectivity index (χ0) is 13.5. The van der Waals surface area contributed by atoms with Gasteiger partial charge in [0.2, 0.25) is 0 Å². The minimum absolute atomic E-state index is 0.148. The summed E-state index contributed by atoms with van der Waals surface area (Å²) in [5, 5.41) is 2.84. The molecule has 1 aromatic rings. The van der Waals surface area contributed by atoms with Crippen LogP contribution in [0.2, 0.25) is 0 Å². The standard InChI is InChI=1S/C14H21FN2O/c1-4-17(5-2)9-8-16-14(18)12-6-7-13(15)11(3)10-12/h6-7,10H,4-5,8-9H2,1-3H3,(H,16,18). The van der Waals surface area contributed by atoms with E-state index in [0.717, 1.165) is 19.6 Å². The number of hydrogen-bond acceptors (Lipinski definition) is 2. The van der Waals surface area contributed by atoms with Crippen molar-refractivity contribution in [2.45, 2.75) is 20.8 Å². The van der Waals surface area contributed by atoms with Crippen LogP contribution in [0, 0.1) is 12.7 Å². The van der Waals surface area contributed by atoms with Crippen LogP contribution in [0.4, 0.5) is 4.39 Å². The maximum Gasteiger partial charge on any atom is 0.251 e. The van der Waals surface area contributed by atoms with Crippen molar-refractivity contribution in [1.82, 2.24) is 10.2 Å². The number of nitrogens with one attached hydrogen (secondary N) is 1. The fourth-order valence-corrected chi connectivity index (χ4v) is 1.76. The number of rotatable bonds is 6. The van der Waals surface area contributed by atoms with Crippen molar-refractivity contribution in [3.05, 3.63) is 35.1 Å². The van der Waals surface area contributed by atoms with Crippen LogP contribution in [0.5, 0.6) is 0 Å². The van der Waals surface area contributed by atoms with Crippen molar-refractivity contribution < 1.29 is 9.18 Å². The van der Waals surface area contributed by atoms with E-state index in [2.05, 4.69) is 24.1 Å². The summed E-state index contributed by atoms with van der Waals surface area (Å²) in [5.74, 6) is -0.431. The summed E-state index contributed by atoms with van der Waals surface area (Å²) >= 11 is 0. The Morgan fingerprint density at radius 2 is 2.00 bits per heavy atom. The third kappa shape index (κ3) is 4.11. The molecule has 0 spiro atoms. The smallest absolute Gasteiger partial charge is 0.251 e. The van der Waals surface area contributed by atoms with Crippen LogP contribution in [0.1, 0.15) is 29.8 Å². The average molecular weight is 252 g/mol. The van der Waals surface area contributed by atoms with Gasteiger partial charge in [-0.3, -0.25) is 4.79 Å². The van der Waals surface area contributed by atoms with Gasteiger partial charge >= 0.3 is 0 Å². The SMILES string of the molecule is CCN(CC)CCNC(=O)c1ccc(F)c(C)c1. The van der Waals surface area contributed by atoms with Crippen molar-refractivity contribution in [1.29, 1.82) is 0 Å². The maximum absolute atomic E-state index is 13.1. The fourth-order valence-electron chi connectivity index (χ4n) is 1.76. The molecule has 0 aliphatic heterocycles. The number of benzene rings is 1. The van der Waals surface area contributed by atoms with Gasteiger partial charge in [-0.1, -0.05) is 13.8 Å². The van der Waals surface area contributed by atoms with E-state index in [9.17, 15) is 9.18 Å². The molecule has 0 aliphatic rings. The van der Waals surface area contributed by atoms with Crippen LogP contribution in [-0.4, -0.2) is 37.0 Å². The Morgan fingerprint density at radius 1 is 1.33 bits per heavy atom. The quantitative estimate of drug-likeness (QED) is 0.842. The van der Waals surface area contributed by atoms with E-state index >= 15 is 0 Å². The van der Waals surface area contributed by atoms with Gasteiger partial charge in [0.05, 0.1) is 0 Å². The molecule has 1 amide bonds. The molecule has 0 heterocycles. The van der Waals surface area contributed by atoms with Gasteiger partial charge < -0.3 is 10.2 Å². The van der Waals surface area contributed by atoms with E-state index in [1.807, 2.05) is 0 Å². The zero-order valence-corrected chi connectivity index (χ0v) is 11.3. The Bertz CT molecular complexity index is 403. The lowest BCUT2D eigenvalue weighted by molar-refractivity contribution is 0.0949. The first kappa shape index (κ1) is 14.6. The molecule has 1 aromatic carbocycles. The summed E-state index contributed by atoms with van der Waals surface area (Å²) in [6, 6.07) is 4.41. The molecule has 3 nitrogen and oxygen atoms in total. The van der Waals surface area contributed by atoms with Gasteiger partial charge in [-0.25, -0.2) is 4.39 Å². The van der Waals surface area contributed by atoms with Crippen molar-refractivity contribution in [3.8, 4) is 0 Å². The van der Waals surface area contributed by atoms with Crippen LogP contribution >= 0.6 is 0 Å². The van der Waals surface area contributed by atoms with E-state index in [-0.39, 0.29) is 11.7 Å². The first-order valence-corrected chi connectivity index (χ1v) is 6.35. The lowest BCUT2D eigenvalue weighted by Gasteiger charge is -2.18. The summed E-state index contributed by atoms with van der Waals surface area (Å²) in [6.45, 7) is 9.23. The topological polar surface area (TPSA) is 32.3 Å². The Balaban J connectivity index is 2.48. The Kier molecular flexibility index (Phi) is 5.78. The monoisotopic (exact) mass is 252 g/mol. The number of carbonyl (C=O) groups excluding carboxylic acids is 1. The molecule has 0 bridgehead atoms. The number of nitrogens with zero attached hydrogens (tertiary/aromatic N) is 1. The Hall–Kier alpha value is -1.42. The molecule has 0 unspecified atom stereocenters. The summed E-state index contributed by atoms with van der Waals surface area (Å²) in [7, 11) is 0. The molecule has 0 atom stereocenters. The molecule has 0 saturated carbocycles. The summed E-state index contributed by atoms with van der Waals surface area (Å²) in [5.41, 5.74) is 1.000. The Morgan fingerprint density at radius 3 is 2.56 bits per heavy atom. The number of likely N-dealkylation sites (N-methyl/N-ethyl adjacent to an activating group) is 1. The molecule has 0 fully saturated rings. The molecule has 1 N–H and O–H groups in total. The minimum Gasteiger partial charge on any atom is -0.351 e. The van der Waals surface area contributed by atoms with Gasteiger partial charge in [-0.05, 0) is 43.8 Å². The van der Waals surface area contributed by atoms with Gasteiger partial charge in [-0.2, -0.15) is 0 Å². The highest BCUT2D eigenvalue weighted by atomic mass is 19.1. The molecular weight excluding hydrogens is 231 g/mol. The van der Waals surface area contributed by atoms with Gasteiger partial charge in [0.25, 0.3) is 5.91 Å². The highest BCUT2D eigenvalue weighted by molar-refractivity contribution is 5.94. The largest absolute Gasteiger partial charge is 0.351 e. The Labute approximate surface area is 108 Å². The third-order valence-corrected chi connectivity index (χ3v) is 3.03. The number of hydrogen-bond donors (Lipinski definition) is 1. The van der Waals surface area contributed by atoms with Crippen molar-refractivity contribution in [2.24, 2.45) is 0 Å². The van der Waals surface area contributed by atoms with Gasteiger partial charge in [0.15, 0.2) is 0 Å². The fraction of sp³-hybridized carbons (Fsp3) is 0.500. The van der Waals surface area contributed by atoms with E-state index in [4.69, 9.17) is 0 Å². The molecule has 4 heteroatoms. The van der Waals surface area contributed by atoms with Gasteiger partial charge in [-0.15, -0.1) is 0 Å². The van der Waals surface area contributed by atoms with Crippen LogP contribution in [0.15, 0.2) is 18.2 Å². The molecule has 0 aromatic heterocycles. The van der Waals surface area contributed by atoms with Crippen LogP contribution in [0.3, 0.4) is 0 Å². The molecule has 100 valence electrons. The maximum atomic E-state index is 13.1. The molecule has 0 saturated heterocycles. The number of aryl methyl sites for hydroxylation is 1. The first-order valence-electron chi connectivity index (χ1n) is 6.35. The van der Waals surface area contributed by atoms with E-state index in [0.29, 0.717) is 17.7 Å². The van der Waals surface area contributed by atoms with E-state index in [1.165, 1.54) is 12.1 Å². The van der Waals surface area contributed by atoms with E-state index < -0.39 is 0 Å². The number of carbonyl (C=O) groups is 1. The van der Waals surface area contributed by atoms with Crippen molar-refractivity contribution in [3.63, 3.8) is 0 Å². The van der Waals surface area contributed by atoms with E-state index in [1.54, 1.807) is 13.0 Å². The average Bonchev–Trinajstić information content (AvgIpc) is 2.37. The summed E-state index contributed by atoms with van der Waals surface area (Å²) in [4.78, 5) is 14.0. The molecule has 0 radical (unpaired) electrons. The second-order valence-corrected chi connectivity index (χ2v) is 4.25. The predicted molar refractivity (Wildman–Crippen MR) is 71.3 cm³/mol. The molecule has 0 aliphatic carbocycles. The third-order valence-electron chi connectivity index (χ3n) is 3.03. The van der Waals surface area contributed by atoms with Crippen molar-refractivity contribution in [2.75, 3.05) is 26.2 Å². The van der Waals surface area contributed by atoms with Crippen LogP contribution in [-0.2, 0) is 0 Å². The zero-order valence-electron chi connectivity index (χ0n) is 11.3. The van der Waals surface area contributed by atoms with Crippen molar-refractivity contribution >= 4 is 5.91 Å². The summed E-state index contributed by atoms with van der Waals surface area (Å²) < 4.78 is 13.1. The molecular formula is C14H21FN2O. The number of amides is 1. The normalized spacial score (nSPS) is 10.7. The lowest BCUT2D eigenvalue weighted by atomic mass is 10.1. The second-order valence-electron chi connectivity index (χ2n) is 4.25. The lowest BCUT2D eigenvalue weighted by Crippen LogP contribution is -2.34. The second kappa shape index (κ2) is 7.11. The summed E-state index contributed by atoms with van der Waals surface area (Å²) in [6.07, 6.45) is 0. The van der Waals surface area contributed by atoms with Gasteiger partial charge in [0, 0.05) is 18.7 Å².